The number of nitrogens with one attached hydrogen (secondary N) is 1. The lowest BCUT2D eigenvalue weighted by molar-refractivity contribution is 0.639. The van der Waals surface area contributed by atoms with Gasteiger partial charge in [-0.05, 0) is 42.1 Å². The molecular formula is C14H15BrClNS. The van der Waals surface area contributed by atoms with E-state index < -0.39 is 0 Å². The van der Waals surface area contributed by atoms with Crippen LogP contribution in [0.4, 0.5) is 0 Å². The van der Waals surface area contributed by atoms with Gasteiger partial charge in [0.15, 0.2) is 0 Å². The molecule has 0 saturated carbocycles. The summed E-state index contributed by atoms with van der Waals surface area (Å²) in [5.74, 6) is 0. The van der Waals surface area contributed by atoms with E-state index >= 15 is 0 Å². The molecule has 1 heterocycles. The number of thiophene rings is 1. The molecule has 0 aliphatic rings. The van der Waals surface area contributed by atoms with Crippen molar-refractivity contribution in [2.75, 3.05) is 6.54 Å². The maximum absolute atomic E-state index is 6.38. The summed E-state index contributed by atoms with van der Waals surface area (Å²) in [4.78, 5) is 1.19. The third kappa shape index (κ3) is 2.97. The third-order valence-corrected chi connectivity index (χ3v) is 5.11. The Morgan fingerprint density at radius 3 is 2.50 bits per heavy atom. The molecule has 0 aliphatic heterocycles. The average molecular weight is 345 g/mol. The zero-order valence-corrected chi connectivity index (χ0v) is 13.5. The van der Waals surface area contributed by atoms with Gasteiger partial charge in [-0.25, -0.2) is 0 Å². The Bertz CT molecular complexity index is 521. The van der Waals surface area contributed by atoms with Crippen LogP contribution in [0.2, 0.25) is 5.02 Å². The molecular weight excluding hydrogens is 330 g/mol. The van der Waals surface area contributed by atoms with Crippen LogP contribution in [0.25, 0.3) is 0 Å². The van der Waals surface area contributed by atoms with Gasteiger partial charge in [0.1, 0.15) is 0 Å². The molecule has 1 N–H and O–H groups in total. The number of hydrogen-bond donors (Lipinski definition) is 1. The van der Waals surface area contributed by atoms with E-state index in [4.69, 9.17) is 11.6 Å². The molecule has 0 bridgehead atoms. The first-order chi connectivity index (χ1) is 8.63. The minimum Gasteiger partial charge on any atom is -0.306 e. The van der Waals surface area contributed by atoms with Crippen LogP contribution >= 0.6 is 38.9 Å². The third-order valence-electron chi connectivity index (χ3n) is 2.80. The highest BCUT2D eigenvalue weighted by atomic mass is 79.9. The fourth-order valence-corrected chi connectivity index (χ4v) is 3.53. The Labute approximate surface area is 125 Å². The van der Waals surface area contributed by atoms with E-state index in [2.05, 4.69) is 57.8 Å². The van der Waals surface area contributed by atoms with E-state index in [0.29, 0.717) is 0 Å². The predicted octanol–water partition coefficient (Wildman–Crippen LogP) is 5.17. The highest BCUT2D eigenvalue weighted by Crippen LogP contribution is 2.35. The molecule has 0 fully saturated rings. The van der Waals surface area contributed by atoms with Gasteiger partial charge in [0.2, 0.25) is 0 Å². The smallest absolute Gasteiger partial charge is 0.0686 e. The molecule has 0 saturated heterocycles. The van der Waals surface area contributed by atoms with Gasteiger partial charge >= 0.3 is 0 Å². The Morgan fingerprint density at radius 1 is 1.33 bits per heavy atom. The second kappa shape index (κ2) is 6.20. The largest absolute Gasteiger partial charge is 0.306 e. The van der Waals surface area contributed by atoms with E-state index in [1.165, 1.54) is 10.4 Å². The molecule has 0 amide bonds. The maximum atomic E-state index is 6.38. The lowest BCUT2D eigenvalue weighted by Gasteiger charge is -2.18. The Balaban J connectivity index is 2.39. The van der Waals surface area contributed by atoms with Crippen LogP contribution in [-0.2, 0) is 0 Å². The minimum absolute atomic E-state index is 0.175. The van der Waals surface area contributed by atoms with Gasteiger partial charge in [-0.3, -0.25) is 0 Å². The topological polar surface area (TPSA) is 12.0 Å². The molecule has 1 unspecified atom stereocenters. The number of hydrogen-bond acceptors (Lipinski definition) is 2. The highest BCUT2D eigenvalue weighted by Gasteiger charge is 2.18. The van der Waals surface area contributed by atoms with Gasteiger partial charge in [-0.2, -0.15) is 0 Å². The standard InChI is InChI=1S/C14H15BrClNS/c1-3-17-13(10-4-6-11(15)7-5-10)14-12(16)9(2)8-18-14/h4-8,13,17H,3H2,1-2H3. The van der Waals surface area contributed by atoms with Gasteiger partial charge in [0, 0.05) is 9.35 Å². The summed E-state index contributed by atoms with van der Waals surface area (Å²) >= 11 is 11.6. The van der Waals surface area contributed by atoms with Crippen molar-refractivity contribution in [1.29, 1.82) is 0 Å². The Morgan fingerprint density at radius 2 is 2.00 bits per heavy atom. The minimum atomic E-state index is 0.175. The van der Waals surface area contributed by atoms with Gasteiger partial charge < -0.3 is 5.32 Å². The summed E-state index contributed by atoms with van der Waals surface area (Å²) < 4.78 is 1.09. The van der Waals surface area contributed by atoms with Crippen molar-refractivity contribution >= 4 is 38.9 Å². The normalized spacial score (nSPS) is 12.7. The quantitative estimate of drug-likeness (QED) is 0.806. The fourth-order valence-electron chi connectivity index (χ4n) is 1.87. The lowest BCUT2D eigenvalue weighted by atomic mass is 10.0. The number of rotatable bonds is 4. The Hall–Kier alpha value is -0.350. The Kier molecular flexibility index (Phi) is 4.84. The molecule has 1 nitrogen and oxygen atoms in total. The van der Waals surface area contributed by atoms with Crippen molar-refractivity contribution in [3.05, 3.63) is 55.1 Å². The van der Waals surface area contributed by atoms with Crippen LogP contribution in [0.15, 0.2) is 34.1 Å². The van der Waals surface area contributed by atoms with Crippen molar-refractivity contribution in [1.82, 2.24) is 5.32 Å². The van der Waals surface area contributed by atoms with E-state index in [9.17, 15) is 0 Å². The fraction of sp³-hybridized carbons (Fsp3) is 0.286. The maximum Gasteiger partial charge on any atom is 0.0686 e. The van der Waals surface area contributed by atoms with E-state index in [0.717, 1.165) is 21.6 Å². The van der Waals surface area contributed by atoms with E-state index in [-0.39, 0.29) is 6.04 Å². The van der Waals surface area contributed by atoms with Crippen molar-refractivity contribution in [2.24, 2.45) is 0 Å². The summed E-state index contributed by atoms with van der Waals surface area (Å²) in [6.07, 6.45) is 0. The van der Waals surface area contributed by atoms with Crippen molar-refractivity contribution in [3.63, 3.8) is 0 Å². The zero-order valence-electron chi connectivity index (χ0n) is 10.3. The summed E-state index contributed by atoms with van der Waals surface area (Å²) in [6.45, 7) is 5.07. The van der Waals surface area contributed by atoms with Crippen LogP contribution < -0.4 is 5.32 Å². The molecule has 2 rings (SSSR count). The van der Waals surface area contributed by atoms with Crippen molar-refractivity contribution < 1.29 is 0 Å². The molecule has 18 heavy (non-hydrogen) atoms. The van der Waals surface area contributed by atoms with Gasteiger partial charge in [0.25, 0.3) is 0 Å². The molecule has 0 radical (unpaired) electrons. The van der Waals surface area contributed by atoms with Crippen molar-refractivity contribution in [3.8, 4) is 0 Å². The SMILES string of the molecule is CCNC(c1ccc(Br)cc1)c1scc(C)c1Cl. The number of halogens is 2. The van der Waals surface area contributed by atoms with Gasteiger partial charge in [-0.1, -0.05) is 46.6 Å². The molecule has 1 aromatic heterocycles. The summed E-state index contributed by atoms with van der Waals surface area (Å²) in [6, 6.07) is 8.56. The molecule has 1 aromatic carbocycles. The van der Waals surface area contributed by atoms with Crippen LogP contribution in [0.5, 0.6) is 0 Å². The monoisotopic (exact) mass is 343 g/mol. The number of aryl methyl sites for hydroxylation is 1. The predicted molar refractivity (Wildman–Crippen MR) is 83.7 cm³/mol. The molecule has 2 aromatic rings. The number of benzene rings is 1. The second-order valence-electron chi connectivity index (χ2n) is 4.14. The lowest BCUT2D eigenvalue weighted by Crippen LogP contribution is -2.21. The highest BCUT2D eigenvalue weighted by molar-refractivity contribution is 9.10. The molecule has 0 spiro atoms. The van der Waals surface area contributed by atoms with Gasteiger partial charge in [0.05, 0.1) is 11.1 Å². The first kappa shape index (κ1) is 14.1. The van der Waals surface area contributed by atoms with Crippen LogP contribution in [0.3, 0.4) is 0 Å². The molecule has 0 aliphatic carbocycles. The molecule has 4 heteroatoms. The van der Waals surface area contributed by atoms with E-state index in [1.807, 2.05) is 6.92 Å². The molecule has 96 valence electrons. The molecule has 1 atom stereocenters. The van der Waals surface area contributed by atoms with Crippen molar-refractivity contribution in [2.45, 2.75) is 19.9 Å². The van der Waals surface area contributed by atoms with Crippen LogP contribution in [-0.4, -0.2) is 6.54 Å². The van der Waals surface area contributed by atoms with Crippen LogP contribution in [0.1, 0.15) is 29.0 Å². The van der Waals surface area contributed by atoms with Crippen LogP contribution in [0, 0.1) is 6.92 Å². The van der Waals surface area contributed by atoms with E-state index in [1.54, 1.807) is 11.3 Å². The van der Waals surface area contributed by atoms with Gasteiger partial charge in [-0.15, -0.1) is 11.3 Å². The summed E-state index contributed by atoms with van der Waals surface area (Å²) in [5.41, 5.74) is 2.39. The zero-order chi connectivity index (χ0) is 13.1. The summed E-state index contributed by atoms with van der Waals surface area (Å²) in [7, 11) is 0. The first-order valence-electron chi connectivity index (χ1n) is 5.85. The average Bonchev–Trinajstić information content (AvgIpc) is 2.69. The second-order valence-corrected chi connectivity index (χ2v) is 6.34. The summed E-state index contributed by atoms with van der Waals surface area (Å²) in [5, 5.41) is 6.49. The first-order valence-corrected chi connectivity index (χ1v) is 7.91.